The maximum absolute atomic E-state index is 5.43. The van der Waals surface area contributed by atoms with Crippen molar-refractivity contribution in [2.75, 3.05) is 0 Å². The van der Waals surface area contributed by atoms with Crippen LogP contribution in [0.2, 0.25) is 0 Å². The van der Waals surface area contributed by atoms with E-state index in [1.165, 1.54) is 22.3 Å². The molecule has 0 fully saturated rings. The van der Waals surface area contributed by atoms with Gasteiger partial charge in [0.15, 0.2) is 0 Å². The lowest BCUT2D eigenvalue weighted by molar-refractivity contribution is 0.449. The number of benzene rings is 1. The second-order valence-corrected chi connectivity index (χ2v) is 4.85. The van der Waals surface area contributed by atoms with Crippen molar-refractivity contribution in [3.8, 4) is 0 Å². The lowest BCUT2D eigenvalue weighted by Gasteiger charge is -2.11. The molecule has 1 heterocycles. The molecule has 2 rings (SSSR count). The molecule has 0 amide bonds. The highest BCUT2D eigenvalue weighted by atomic mass is 16.4. The third kappa shape index (κ3) is 2.99. The van der Waals surface area contributed by atoms with Gasteiger partial charge in [0, 0.05) is 6.54 Å². The molecule has 3 nitrogen and oxygen atoms in total. The van der Waals surface area contributed by atoms with Crippen molar-refractivity contribution in [1.82, 2.24) is 10.3 Å². The van der Waals surface area contributed by atoms with Crippen LogP contribution >= 0.6 is 0 Å². The van der Waals surface area contributed by atoms with E-state index in [1.807, 2.05) is 6.92 Å². The molecule has 2 aromatic rings. The van der Waals surface area contributed by atoms with E-state index in [2.05, 4.69) is 43.2 Å². The normalized spacial score (nSPS) is 10.9. The Morgan fingerprint density at radius 1 is 1.06 bits per heavy atom. The van der Waals surface area contributed by atoms with Gasteiger partial charge in [-0.2, -0.15) is 0 Å². The summed E-state index contributed by atoms with van der Waals surface area (Å²) in [5.74, 6) is 1.60. The fourth-order valence-electron chi connectivity index (χ4n) is 2.27. The zero-order chi connectivity index (χ0) is 13.1. The molecule has 1 aromatic carbocycles. The molecule has 0 saturated carbocycles. The Kier molecular flexibility index (Phi) is 3.82. The van der Waals surface area contributed by atoms with Crippen molar-refractivity contribution in [3.63, 3.8) is 0 Å². The Morgan fingerprint density at radius 3 is 2.28 bits per heavy atom. The van der Waals surface area contributed by atoms with E-state index in [0.717, 1.165) is 18.2 Å². The molecule has 0 spiro atoms. The lowest BCUT2D eigenvalue weighted by Crippen LogP contribution is -2.14. The minimum absolute atomic E-state index is 0.667. The van der Waals surface area contributed by atoms with Gasteiger partial charge in [-0.15, -0.1) is 0 Å². The summed E-state index contributed by atoms with van der Waals surface area (Å²) >= 11 is 0. The molecule has 1 aromatic heterocycles. The molecule has 18 heavy (non-hydrogen) atoms. The summed E-state index contributed by atoms with van der Waals surface area (Å²) in [5, 5.41) is 3.38. The smallest absolute Gasteiger partial charge is 0.208 e. The number of nitrogens with zero attached hydrogens (tertiary/aromatic N) is 1. The standard InChI is InChI=1S/C15H20N2O/c1-10-5-11(2)14(12(3)6-10)8-16-9-15-17-7-13(4)18-15/h5-7,16H,8-9H2,1-4H3. The molecule has 1 N–H and O–H groups in total. The van der Waals surface area contributed by atoms with Crippen LogP contribution < -0.4 is 5.32 Å². The molecule has 0 aliphatic rings. The molecule has 3 heteroatoms. The molecule has 0 unspecified atom stereocenters. The average Bonchev–Trinajstić information content (AvgIpc) is 2.68. The highest BCUT2D eigenvalue weighted by Crippen LogP contribution is 2.16. The molecule has 0 atom stereocenters. The summed E-state index contributed by atoms with van der Waals surface area (Å²) in [6.07, 6.45) is 1.75. The number of hydrogen-bond acceptors (Lipinski definition) is 3. The van der Waals surface area contributed by atoms with Crippen LogP contribution in [0.4, 0.5) is 0 Å². The Hall–Kier alpha value is -1.61. The second-order valence-electron chi connectivity index (χ2n) is 4.85. The van der Waals surface area contributed by atoms with Crippen LogP contribution in [0, 0.1) is 27.7 Å². The molecule has 0 radical (unpaired) electrons. The Balaban J connectivity index is 1.98. The van der Waals surface area contributed by atoms with Crippen molar-refractivity contribution in [1.29, 1.82) is 0 Å². The molecule has 0 aliphatic carbocycles. The fraction of sp³-hybridized carbons (Fsp3) is 0.400. The first-order chi connectivity index (χ1) is 8.56. The van der Waals surface area contributed by atoms with Gasteiger partial charge >= 0.3 is 0 Å². The summed E-state index contributed by atoms with van der Waals surface area (Å²) in [4.78, 5) is 4.18. The molecule has 0 saturated heterocycles. The third-order valence-electron chi connectivity index (χ3n) is 3.09. The number of rotatable bonds is 4. The average molecular weight is 244 g/mol. The highest BCUT2D eigenvalue weighted by molar-refractivity contribution is 5.37. The van der Waals surface area contributed by atoms with Gasteiger partial charge in [0.1, 0.15) is 5.76 Å². The maximum atomic E-state index is 5.43. The molecular weight excluding hydrogens is 224 g/mol. The van der Waals surface area contributed by atoms with E-state index in [9.17, 15) is 0 Å². The zero-order valence-electron chi connectivity index (χ0n) is 11.5. The highest BCUT2D eigenvalue weighted by Gasteiger charge is 2.05. The van der Waals surface area contributed by atoms with Crippen molar-refractivity contribution < 1.29 is 4.42 Å². The van der Waals surface area contributed by atoms with Gasteiger partial charge in [-0.05, 0) is 44.4 Å². The molecule has 0 bridgehead atoms. The lowest BCUT2D eigenvalue weighted by atomic mass is 10.00. The third-order valence-corrected chi connectivity index (χ3v) is 3.09. The van der Waals surface area contributed by atoms with Crippen LogP contribution in [-0.2, 0) is 13.1 Å². The van der Waals surface area contributed by atoms with Crippen molar-refractivity contribution >= 4 is 0 Å². The Labute approximate surface area is 108 Å². The van der Waals surface area contributed by atoms with Crippen LogP contribution in [-0.4, -0.2) is 4.98 Å². The predicted molar refractivity (Wildman–Crippen MR) is 72.4 cm³/mol. The van der Waals surface area contributed by atoms with Crippen LogP contribution in [0.3, 0.4) is 0 Å². The van der Waals surface area contributed by atoms with E-state index in [1.54, 1.807) is 6.20 Å². The van der Waals surface area contributed by atoms with Gasteiger partial charge in [-0.25, -0.2) is 4.98 Å². The maximum Gasteiger partial charge on any atom is 0.208 e. The second kappa shape index (κ2) is 5.36. The van der Waals surface area contributed by atoms with Crippen molar-refractivity contribution in [2.24, 2.45) is 0 Å². The zero-order valence-corrected chi connectivity index (χ0v) is 11.5. The SMILES string of the molecule is Cc1cc(C)c(CNCc2ncc(C)o2)c(C)c1. The summed E-state index contributed by atoms with van der Waals surface area (Å²) in [6, 6.07) is 4.44. The summed E-state index contributed by atoms with van der Waals surface area (Å²) in [5.41, 5.74) is 5.35. The van der Waals surface area contributed by atoms with Gasteiger partial charge < -0.3 is 9.73 Å². The fourth-order valence-corrected chi connectivity index (χ4v) is 2.27. The number of hydrogen-bond donors (Lipinski definition) is 1. The van der Waals surface area contributed by atoms with E-state index in [4.69, 9.17) is 4.42 Å². The largest absolute Gasteiger partial charge is 0.445 e. The summed E-state index contributed by atoms with van der Waals surface area (Å²) in [6.45, 7) is 9.87. The van der Waals surface area contributed by atoms with Crippen LogP contribution in [0.25, 0.3) is 0 Å². The van der Waals surface area contributed by atoms with Gasteiger partial charge in [0.2, 0.25) is 5.89 Å². The summed E-state index contributed by atoms with van der Waals surface area (Å²) in [7, 11) is 0. The molecular formula is C15H20N2O. The first-order valence-electron chi connectivity index (χ1n) is 6.25. The Morgan fingerprint density at radius 2 is 1.72 bits per heavy atom. The van der Waals surface area contributed by atoms with Crippen molar-refractivity contribution in [3.05, 3.63) is 52.2 Å². The Bertz CT molecular complexity index is 520. The summed E-state index contributed by atoms with van der Waals surface area (Å²) < 4.78 is 5.43. The van der Waals surface area contributed by atoms with Gasteiger partial charge in [-0.1, -0.05) is 17.7 Å². The van der Waals surface area contributed by atoms with Crippen LogP contribution in [0.5, 0.6) is 0 Å². The first-order valence-corrected chi connectivity index (χ1v) is 6.25. The number of oxazole rings is 1. The van der Waals surface area contributed by atoms with E-state index in [-0.39, 0.29) is 0 Å². The number of nitrogens with one attached hydrogen (secondary N) is 1. The number of aromatic nitrogens is 1. The van der Waals surface area contributed by atoms with Crippen LogP contribution in [0.15, 0.2) is 22.7 Å². The number of aryl methyl sites for hydroxylation is 4. The minimum atomic E-state index is 0.667. The van der Waals surface area contributed by atoms with Crippen LogP contribution in [0.1, 0.15) is 33.9 Å². The molecule has 0 aliphatic heterocycles. The van der Waals surface area contributed by atoms with Gasteiger partial charge in [-0.3, -0.25) is 0 Å². The van der Waals surface area contributed by atoms with Gasteiger partial charge in [0.25, 0.3) is 0 Å². The first kappa shape index (κ1) is 12.8. The minimum Gasteiger partial charge on any atom is -0.445 e. The quantitative estimate of drug-likeness (QED) is 0.897. The van der Waals surface area contributed by atoms with Crippen molar-refractivity contribution in [2.45, 2.75) is 40.8 Å². The van der Waals surface area contributed by atoms with E-state index >= 15 is 0 Å². The predicted octanol–water partition coefficient (Wildman–Crippen LogP) is 3.20. The molecule has 96 valence electrons. The monoisotopic (exact) mass is 244 g/mol. The van der Waals surface area contributed by atoms with Gasteiger partial charge in [0.05, 0.1) is 12.7 Å². The van der Waals surface area contributed by atoms with E-state index in [0.29, 0.717) is 6.54 Å². The topological polar surface area (TPSA) is 38.1 Å². The van der Waals surface area contributed by atoms with E-state index < -0.39 is 0 Å².